The number of amides is 1. The maximum atomic E-state index is 14.0. The zero-order chi connectivity index (χ0) is 25.9. The van der Waals surface area contributed by atoms with Crippen molar-refractivity contribution < 1.29 is 9.18 Å². The molecule has 1 saturated heterocycles. The minimum atomic E-state index is -0.407. The first kappa shape index (κ1) is 23.9. The van der Waals surface area contributed by atoms with Gasteiger partial charge in [-0.15, -0.1) is 0 Å². The van der Waals surface area contributed by atoms with E-state index < -0.39 is 5.82 Å². The Labute approximate surface area is 219 Å². The quantitative estimate of drug-likeness (QED) is 0.317. The van der Waals surface area contributed by atoms with Crippen molar-refractivity contribution in [2.75, 3.05) is 18.4 Å². The van der Waals surface area contributed by atoms with Crippen LogP contribution >= 0.6 is 0 Å². The fourth-order valence-corrected chi connectivity index (χ4v) is 4.86. The molecule has 1 aromatic carbocycles. The largest absolute Gasteiger partial charge is 0.319 e. The summed E-state index contributed by atoms with van der Waals surface area (Å²) in [7, 11) is 0. The van der Waals surface area contributed by atoms with Crippen LogP contribution in [-0.2, 0) is 6.54 Å². The number of H-pyrrole nitrogens is 1. The van der Waals surface area contributed by atoms with Gasteiger partial charge in [0.2, 0.25) is 0 Å². The van der Waals surface area contributed by atoms with E-state index in [4.69, 9.17) is 0 Å². The Bertz CT molecular complexity index is 1590. The molecule has 0 atom stereocenters. The Morgan fingerprint density at radius 2 is 1.84 bits per heavy atom. The second-order valence-corrected chi connectivity index (χ2v) is 9.49. The smallest absolute Gasteiger partial charge is 0.276 e. The van der Waals surface area contributed by atoms with Crippen molar-refractivity contribution in [3.8, 4) is 22.4 Å². The van der Waals surface area contributed by atoms with E-state index in [2.05, 4.69) is 41.4 Å². The van der Waals surface area contributed by atoms with Gasteiger partial charge in [-0.2, -0.15) is 5.10 Å². The van der Waals surface area contributed by atoms with Gasteiger partial charge in [-0.3, -0.25) is 29.7 Å². The highest BCUT2D eigenvalue weighted by Crippen LogP contribution is 2.27. The highest BCUT2D eigenvalue weighted by molar-refractivity contribution is 6.11. The number of carbonyl (C=O) groups is 1. The molecule has 1 fully saturated rings. The predicted molar refractivity (Wildman–Crippen MR) is 144 cm³/mol. The van der Waals surface area contributed by atoms with Crippen LogP contribution in [0.2, 0.25) is 0 Å². The van der Waals surface area contributed by atoms with Crippen LogP contribution in [-0.4, -0.2) is 49.0 Å². The van der Waals surface area contributed by atoms with Gasteiger partial charge in [-0.25, -0.2) is 4.39 Å². The Morgan fingerprint density at radius 3 is 2.66 bits per heavy atom. The van der Waals surface area contributed by atoms with Crippen LogP contribution in [0.4, 0.5) is 10.1 Å². The van der Waals surface area contributed by atoms with E-state index in [0.717, 1.165) is 36.3 Å². The average Bonchev–Trinajstić information content (AvgIpc) is 3.38. The molecule has 1 aliphatic rings. The fraction of sp³-hybridized carbons (Fsp3) is 0.207. The molecule has 0 spiro atoms. The molecular weight excluding hydrogens is 481 g/mol. The maximum absolute atomic E-state index is 14.0. The molecule has 2 N–H and O–H groups in total. The van der Waals surface area contributed by atoms with Crippen molar-refractivity contribution in [2.24, 2.45) is 0 Å². The lowest BCUT2D eigenvalue weighted by molar-refractivity contribution is 0.102. The van der Waals surface area contributed by atoms with Crippen molar-refractivity contribution >= 4 is 22.5 Å². The Morgan fingerprint density at radius 1 is 0.947 bits per heavy atom. The van der Waals surface area contributed by atoms with Gasteiger partial charge < -0.3 is 5.32 Å². The zero-order valence-electron chi connectivity index (χ0n) is 20.7. The summed E-state index contributed by atoms with van der Waals surface area (Å²) in [5.41, 5.74) is 5.38. The van der Waals surface area contributed by atoms with Crippen LogP contribution in [0.5, 0.6) is 0 Å². The fourth-order valence-electron chi connectivity index (χ4n) is 4.86. The van der Waals surface area contributed by atoms with Crippen LogP contribution in [0.15, 0.2) is 73.4 Å². The van der Waals surface area contributed by atoms with Crippen molar-refractivity contribution in [3.05, 3.63) is 90.5 Å². The Balaban J connectivity index is 1.21. The summed E-state index contributed by atoms with van der Waals surface area (Å²) in [4.78, 5) is 28.3. The number of nitrogens with one attached hydrogen (secondary N) is 2. The highest BCUT2D eigenvalue weighted by Gasteiger charge is 2.17. The number of piperidine rings is 1. The molecule has 1 aliphatic heterocycles. The van der Waals surface area contributed by atoms with Gasteiger partial charge in [-0.05, 0) is 73.5 Å². The van der Waals surface area contributed by atoms with Gasteiger partial charge in [0, 0.05) is 42.3 Å². The number of rotatable bonds is 6. The molecule has 1 amide bonds. The maximum Gasteiger partial charge on any atom is 0.276 e. The molecule has 5 heterocycles. The van der Waals surface area contributed by atoms with Crippen LogP contribution in [0.25, 0.3) is 33.3 Å². The van der Waals surface area contributed by atoms with Crippen molar-refractivity contribution in [1.29, 1.82) is 0 Å². The average molecular weight is 508 g/mol. The summed E-state index contributed by atoms with van der Waals surface area (Å²) in [5, 5.41) is 10.7. The van der Waals surface area contributed by atoms with Gasteiger partial charge in [0.05, 0.1) is 28.7 Å². The number of benzene rings is 1. The summed E-state index contributed by atoms with van der Waals surface area (Å²) in [6.45, 7) is 3.15. The first-order valence-corrected chi connectivity index (χ1v) is 12.7. The third kappa shape index (κ3) is 5.01. The van der Waals surface area contributed by atoms with Gasteiger partial charge in [0.1, 0.15) is 5.82 Å². The summed E-state index contributed by atoms with van der Waals surface area (Å²) in [5.74, 6) is -0.775. The lowest BCUT2D eigenvalue weighted by atomic mass is 10.0. The second kappa shape index (κ2) is 10.5. The lowest BCUT2D eigenvalue weighted by Crippen LogP contribution is -2.29. The van der Waals surface area contributed by atoms with E-state index in [1.807, 2.05) is 30.6 Å². The number of anilines is 1. The summed E-state index contributed by atoms with van der Waals surface area (Å²) < 4.78 is 14.0. The molecule has 0 aliphatic carbocycles. The molecule has 6 rings (SSSR count). The highest BCUT2D eigenvalue weighted by atomic mass is 19.1. The van der Waals surface area contributed by atoms with E-state index in [9.17, 15) is 9.18 Å². The summed E-state index contributed by atoms with van der Waals surface area (Å²) in [6.07, 6.45) is 11.9. The van der Waals surface area contributed by atoms with Crippen molar-refractivity contribution in [2.45, 2.75) is 25.8 Å². The minimum absolute atomic E-state index is 0.279. The number of aromatic amines is 1. The van der Waals surface area contributed by atoms with Crippen LogP contribution in [0.1, 0.15) is 35.3 Å². The molecule has 9 heteroatoms. The minimum Gasteiger partial charge on any atom is -0.319 e. The predicted octanol–water partition coefficient (Wildman–Crippen LogP) is 5.46. The van der Waals surface area contributed by atoms with E-state index in [-0.39, 0.29) is 11.6 Å². The number of fused-ring (bicyclic) bond motifs is 1. The number of hydrogen-bond donors (Lipinski definition) is 2. The third-order valence-corrected chi connectivity index (χ3v) is 6.83. The van der Waals surface area contributed by atoms with Crippen LogP contribution < -0.4 is 5.32 Å². The monoisotopic (exact) mass is 507 g/mol. The number of nitrogens with zero attached hydrogens (tertiary/aromatic N) is 5. The molecule has 38 heavy (non-hydrogen) atoms. The molecule has 4 aromatic heterocycles. The number of pyridine rings is 3. The third-order valence-electron chi connectivity index (χ3n) is 6.83. The van der Waals surface area contributed by atoms with E-state index in [1.165, 1.54) is 49.5 Å². The Hall–Kier alpha value is -4.50. The number of halogens is 1. The molecule has 8 nitrogen and oxygen atoms in total. The normalized spacial score (nSPS) is 14.0. The molecule has 0 saturated carbocycles. The van der Waals surface area contributed by atoms with Gasteiger partial charge in [-0.1, -0.05) is 12.5 Å². The first-order chi connectivity index (χ1) is 18.6. The molecule has 0 unspecified atom stereocenters. The SMILES string of the molecule is O=C(Nc1ccc(-c2cnccc2F)nc1)c1n[nH]c2ccc(-c3cncc(CN4CCCCC4)c3)cc12. The van der Waals surface area contributed by atoms with Crippen LogP contribution in [0.3, 0.4) is 0 Å². The summed E-state index contributed by atoms with van der Waals surface area (Å²) in [6, 6.07) is 12.6. The number of likely N-dealkylation sites (tertiary alicyclic amines) is 1. The number of aromatic nitrogens is 5. The zero-order valence-corrected chi connectivity index (χ0v) is 20.7. The molecule has 0 bridgehead atoms. The van der Waals surface area contributed by atoms with E-state index in [1.54, 1.807) is 12.1 Å². The molecule has 190 valence electrons. The van der Waals surface area contributed by atoms with Crippen molar-refractivity contribution in [3.63, 3.8) is 0 Å². The Kier molecular flexibility index (Phi) is 6.58. The number of hydrogen-bond acceptors (Lipinski definition) is 6. The van der Waals surface area contributed by atoms with Gasteiger partial charge >= 0.3 is 0 Å². The topological polar surface area (TPSA) is 99.7 Å². The molecule has 5 aromatic rings. The lowest BCUT2D eigenvalue weighted by Gasteiger charge is -2.26. The van der Waals surface area contributed by atoms with E-state index in [0.29, 0.717) is 22.3 Å². The number of carbonyl (C=O) groups excluding carboxylic acids is 1. The van der Waals surface area contributed by atoms with Gasteiger partial charge in [0.25, 0.3) is 5.91 Å². The van der Waals surface area contributed by atoms with Crippen molar-refractivity contribution in [1.82, 2.24) is 30.0 Å². The first-order valence-electron chi connectivity index (χ1n) is 12.7. The molecular formula is C29H26FN7O. The standard InChI is InChI=1S/C29H26FN7O/c30-25-8-9-31-17-24(25)26-7-5-22(16-33-26)34-29(38)28-23-13-20(4-6-27(23)35-36-28)21-12-19(14-32-15-21)18-37-10-2-1-3-11-37/h4-9,12-17H,1-3,10-11,18H2,(H,34,38)(H,35,36). The van der Waals surface area contributed by atoms with E-state index >= 15 is 0 Å². The summed E-state index contributed by atoms with van der Waals surface area (Å²) >= 11 is 0. The molecule has 0 radical (unpaired) electrons. The second-order valence-electron chi connectivity index (χ2n) is 9.49. The van der Waals surface area contributed by atoms with Gasteiger partial charge in [0.15, 0.2) is 5.69 Å². The van der Waals surface area contributed by atoms with Crippen LogP contribution in [0, 0.1) is 5.82 Å².